The first kappa shape index (κ1) is 14.2. The molecule has 1 aromatic carbocycles. The van der Waals surface area contributed by atoms with Gasteiger partial charge in [-0.15, -0.1) is 0 Å². The van der Waals surface area contributed by atoms with Gasteiger partial charge in [-0.1, -0.05) is 23.7 Å². The summed E-state index contributed by atoms with van der Waals surface area (Å²) in [5, 5.41) is 6.29. The number of aromatic nitrogens is 2. The maximum atomic E-state index is 12.0. The fraction of sp³-hybridized carbons (Fsp3) is 0.400. The lowest BCUT2D eigenvalue weighted by Gasteiger charge is -2.09. The van der Waals surface area contributed by atoms with Crippen LogP contribution in [0.25, 0.3) is 11.0 Å². The molecule has 2 N–H and O–H groups in total. The molecule has 21 heavy (non-hydrogen) atoms. The van der Waals surface area contributed by atoms with Crippen LogP contribution >= 0.6 is 11.6 Å². The van der Waals surface area contributed by atoms with E-state index in [0.717, 1.165) is 37.0 Å². The molecule has 2 heterocycles. The van der Waals surface area contributed by atoms with Crippen molar-refractivity contribution in [1.82, 2.24) is 15.3 Å². The third kappa shape index (κ3) is 3.49. The second-order valence-electron chi connectivity index (χ2n) is 5.30. The zero-order valence-corrected chi connectivity index (χ0v) is 12.4. The predicted octanol–water partition coefficient (Wildman–Crippen LogP) is 2.61. The molecule has 2 aromatic rings. The Morgan fingerprint density at radius 3 is 2.81 bits per heavy atom. The van der Waals surface area contributed by atoms with Crippen molar-refractivity contribution in [2.45, 2.75) is 19.3 Å². The number of benzene rings is 1. The van der Waals surface area contributed by atoms with Gasteiger partial charge in [0.05, 0.1) is 11.0 Å². The molecule has 1 fully saturated rings. The summed E-state index contributed by atoms with van der Waals surface area (Å²) >= 11 is 6.08. The van der Waals surface area contributed by atoms with Crippen LogP contribution in [0.2, 0.25) is 5.15 Å². The average molecular weight is 305 g/mol. The second-order valence-corrected chi connectivity index (χ2v) is 5.66. The van der Waals surface area contributed by atoms with E-state index in [1.165, 1.54) is 0 Å². The van der Waals surface area contributed by atoms with Gasteiger partial charge >= 0.3 is 0 Å². The largest absolute Gasteiger partial charge is 0.316 e. The van der Waals surface area contributed by atoms with Crippen LogP contribution in [0.1, 0.15) is 19.3 Å². The van der Waals surface area contributed by atoms with Gasteiger partial charge in [-0.05, 0) is 44.0 Å². The van der Waals surface area contributed by atoms with E-state index < -0.39 is 0 Å². The molecule has 1 aliphatic heterocycles. The number of rotatable bonds is 4. The Kier molecular flexibility index (Phi) is 4.31. The normalized spacial score (nSPS) is 18.0. The third-order valence-electron chi connectivity index (χ3n) is 3.73. The first-order valence-corrected chi connectivity index (χ1v) is 7.53. The molecule has 0 spiro atoms. The molecule has 0 saturated carbocycles. The Hall–Kier alpha value is -1.72. The molecule has 0 bridgehead atoms. The van der Waals surface area contributed by atoms with Gasteiger partial charge in [0.1, 0.15) is 0 Å². The van der Waals surface area contributed by atoms with Crippen LogP contribution in [0.3, 0.4) is 0 Å². The molecule has 1 aromatic heterocycles. The van der Waals surface area contributed by atoms with Gasteiger partial charge in [-0.2, -0.15) is 0 Å². The number of anilines is 1. The third-order valence-corrected chi connectivity index (χ3v) is 3.99. The minimum Gasteiger partial charge on any atom is -0.316 e. The highest BCUT2D eigenvalue weighted by Gasteiger charge is 2.16. The number of carbonyl (C=O) groups is 1. The van der Waals surface area contributed by atoms with Gasteiger partial charge in [-0.3, -0.25) is 4.79 Å². The summed E-state index contributed by atoms with van der Waals surface area (Å²) in [6.07, 6.45) is 2.51. The standard InChI is InChI=1S/C15H17ClN4O/c16-14-15(19-12-4-2-1-3-11(12)18-14)20-13(21)6-5-10-7-8-17-9-10/h1-4,10,17H,5-9H2,(H,19,20,21). The van der Waals surface area contributed by atoms with Crippen LogP contribution < -0.4 is 10.6 Å². The van der Waals surface area contributed by atoms with Crippen LogP contribution in [0, 0.1) is 5.92 Å². The van der Waals surface area contributed by atoms with Gasteiger partial charge in [0, 0.05) is 6.42 Å². The fourth-order valence-corrected chi connectivity index (χ4v) is 2.73. The lowest BCUT2D eigenvalue weighted by molar-refractivity contribution is -0.116. The number of nitrogens with one attached hydrogen (secondary N) is 2. The van der Waals surface area contributed by atoms with E-state index in [9.17, 15) is 4.79 Å². The van der Waals surface area contributed by atoms with E-state index in [1.807, 2.05) is 24.3 Å². The molecule has 1 unspecified atom stereocenters. The highest BCUT2D eigenvalue weighted by atomic mass is 35.5. The van der Waals surface area contributed by atoms with Gasteiger partial charge in [0.15, 0.2) is 11.0 Å². The van der Waals surface area contributed by atoms with Crippen molar-refractivity contribution in [3.63, 3.8) is 0 Å². The monoisotopic (exact) mass is 304 g/mol. The van der Waals surface area contributed by atoms with E-state index in [4.69, 9.17) is 11.6 Å². The Bertz CT molecular complexity index is 655. The zero-order valence-electron chi connectivity index (χ0n) is 11.6. The highest BCUT2D eigenvalue weighted by Crippen LogP contribution is 2.21. The number of carbonyl (C=O) groups excluding carboxylic acids is 1. The van der Waals surface area contributed by atoms with Gasteiger partial charge in [0.25, 0.3) is 0 Å². The van der Waals surface area contributed by atoms with Gasteiger partial charge in [-0.25, -0.2) is 9.97 Å². The van der Waals surface area contributed by atoms with E-state index in [1.54, 1.807) is 0 Å². The smallest absolute Gasteiger partial charge is 0.225 e. The molecule has 6 heteroatoms. The molecule has 0 radical (unpaired) electrons. The number of hydrogen-bond acceptors (Lipinski definition) is 4. The number of hydrogen-bond donors (Lipinski definition) is 2. The number of para-hydroxylation sites is 2. The summed E-state index contributed by atoms with van der Waals surface area (Å²) < 4.78 is 0. The van der Waals surface area contributed by atoms with E-state index in [0.29, 0.717) is 18.2 Å². The molecular weight excluding hydrogens is 288 g/mol. The SMILES string of the molecule is O=C(CCC1CCNC1)Nc1nc2ccccc2nc1Cl. The zero-order chi connectivity index (χ0) is 14.7. The Morgan fingerprint density at radius 2 is 2.10 bits per heavy atom. The van der Waals surface area contributed by atoms with Crippen molar-refractivity contribution in [3.05, 3.63) is 29.4 Å². The van der Waals surface area contributed by atoms with Gasteiger partial charge < -0.3 is 10.6 Å². The molecular formula is C15H17ClN4O. The van der Waals surface area contributed by atoms with Crippen LogP contribution in [-0.2, 0) is 4.79 Å². The van der Waals surface area contributed by atoms with Crippen molar-refractivity contribution in [1.29, 1.82) is 0 Å². The van der Waals surface area contributed by atoms with Crippen LogP contribution in [-0.4, -0.2) is 29.0 Å². The van der Waals surface area contributed by atoms with Crippen molar-refractivity contribution in [2.75, 3.05) is 18.4 Å². The van der Waals surface area contributed by atoms with E-state index in [2.05, 4.69) is 20.6 Å². The summed E-state index contributed by atoms with van der Waals surface area (Å²) in [5.74, 6) is 0.868. The minimum absolute atomic E-state index is 0.0617. The lowest BCUT2D eigenvalue weighted by Crippen LogP contribution is -2.16. The first-order chi connectivity index (χ1) is 10.2. The summed E-state index contributed by atoms with van der Waals surface area (Å²) in [5.41, 5.74) is 1.44. The minimum atomic E-state index is -0.0617. The summed E-state index contributed by atoms with van der Waals surface area (Å²) in [6.45, 7) is 2.05. The molecule has 5 nitrogen and oxygen atoms in total. The molecule has 1 amide bonds. The summed E-state index contributed by atoms with van der Waals surface area (Å²) in [6, 6.07) is 7.44. The van der Waals surface area contributed by atoms with Crippen LogP contribution in [0.15, 0.2) is 24.3 Å². The van der Waals surface area contributed by atoms with Crippen molar-refractivity contribution in [3.8, 4) is 0 Å². The first-order valence-electron chi connectivity index (χ1n) is 7.15. The number of fused-ring (bicyclic) bond motifs is 1. The molecule has 1 atom stereocenters. The quantitative estimate of drug-likeness (QED) is 0.911. The van der Waals surface area contributed by atoms with Crippen molar-refractivity contribution >= 4 is 34.4 Å². The Balaban J connectivity index is 1.66. The maximum Gasteiger partial charge on any atom is 0.225 e. The highest BCUT2D eigenvalue weighted by molar-refractivity contribution is 6.32. The molecule has 110 valence electrons. The second kappa shape index (κ2) is 6.37. The van der Waals surface area contributed by atoms with Crippen LogP contribution in [0.5, 0.6) is 0 Å². The predicted molar refractivity (Wildman–Crippen MR) is 83.4 cm³/mol. The summed E-state index contributed by atoms with van der Waals surface area (Å²) in [4.78, 5) is 20.6. The van der Waals surface area contributed by atoms with E-state index in [-0.39, 0.29) is 11.1 Å². The number of nitrogens with zero attached hydrogens (tertiary/aromatic N) is 2. The van der Waals surface area contributed by atoms with Crippen molar-refractivity contribution < 1.29 is 4.79 Å². The Morgan fingerprint density at radius 1 is 1.33 bits per heavy atom. The maximum absolute atomic E-state index is 12.0. The lowest BCUT2D eigenvalue weighted by atomic mass is 10.0. The fourth-order valence-electron chi connectivity index (χ4n) is 2.55. The molecule has 1 aliphatic rings. The number of halogens is 1. The van der Waals surface area contributed by atoms with E-state index >= 15 is 0 Å². The molecule has 1 saturated heterocycles. The topological polar surface area (TPSA) is 66.9 Å². The van der Waals surface area contributed by atoms with Crippen molar-refractivity contribution in [2.24, 2.45) is 5.92 Å². The Labute approximate surface area is 128 Å². The number of amides is 1. The average Bonchev–Trinajstić information content (AvgIpc) is 2.99. The molecule has 3 rings (SSSR count). The van der Waals surface area contributed by atoms with Gasteiger partial charge in [0.2, 0.25) is 5.91 Å². The molecule has 0 aliphatic carbocycles. The summed E-state index contributed by atoms with van der Waals surface area (Å²) in [7, 11) is 0. The van der Waals surface area contributed by atoms with Crippen LogP contribution in [0.4, 0.5) is 5.82 Å².